The zero-order valence-electron chi connectivity index (χ0n) is 5.05. The van der Waals surface area contributed by atoms with Gasteiger partial charge in [-0.3, -0.25) is 4.79 Å². The topological polar surface area (TPSA) is 45.8 Å². The molecule has 0 saturated heterocycles. The van der Waals surface area contributed by atoms with Crippen LogP contribution in [0.15, 0.2) is 18.7 Å². The zero-order chi connectivity index (χ0) is 7.82. The van der Waals surface area contributed by atoms with Gasteiger partial charge in [-0.15, -0.1) is 11.6 Å². The van der Waals surface area contributed by atoms with E-state index in [0.29, 0.717) is 0 Å². The Labute approximate surface area is 68.4 Å². The van der Waals surface area contributed by atoms with Crippen LogP contribution in [-0.4, -0.2) is 21.1 Å². The Hall–Kier alpha value is -0.540. The summed E-state index contributed by atoms with van der Waals surface area (Å²) in [5, 5.41) is -0.508. The number of aromatic nitrogens is 2. The van der Waals surface area contributed by atoms with Crippen molar-refractivity contribution in [2.75, 3.05) is 5.88 Å². The van der Waals surface area contributed by atoms with Crippen LogP contribution in [0.4, 0.5) is 0 Å². The molecule has 0 aromatic carbocycles. The first kappa shape index (κ1) is 9.46. The number of nitrogens with zero attached hydrogens (tertiary/aromatic N) is 1. The predicted molar refractivity (Wildman–Crippen MR) is 40.2 cm³/mol. The Balaban J connectivity index is 0.000000162. The first-order valence-corrected chi connectivity index (χ1v) is 3.35. The molecule has 0 aliphatic rings. The molecule has 0 saturated carbocycles. The minimum Gasteiger partial charge on any atom is -0.351 e. The Morgan fingerprint density at radius 1 is 1.70 bits per heavy atom. The molecule has 1 aromatic heterocycles. The predicted octanol–water partition coefficient (Wildman–Crippen LogP) is 1.40. The minimum absolute atomic E-state index is 0.0957. The van der Waals surface area contributed by atoms with Crippen LogP contribution in [-0.2, 0) is 4.79 Å². The maximum atomic E-state index is 9.45. The SMILES string of the molecule is O=C(Cl)CCl.c1c[nH]cn1. The highest BCUT2D eigenvalue weighted by Crippen LogP contribution is 1.80. The van der Waals surface area contributed by atoms with E-state index in [-0.39, 0.29) is 5.88 Å². The molecule has 1 rings (SSSR count). The van der Waals surface area contributed by atoms with Crippen molar-refractivity contribution in [2.24, 2.45) is 0 Å². The summed E-state index contributed by atoms with van der Waals surface area (Å²) in [6.07, 6.45) is 5.08. The van der Waals surface area contributed by atoms with Crippen molar-refractivity contribution in [3.63, 3.8) is 0 Å². The number of rotatable bonds is 1. The molecule has 3 nitrogen and oxygen atoms in total. The number of imidazole rings is 1. The molecule has 0 amide bonds. The van der Waals surface area contributed by atoms with Crippen LogP contribution in [0.25, 0.3) is 0 Å². The van der Waals surface area contributed by atoms with Crippen LogP contribution in [0, 0.1) is 0 Å². The number of hydrogen-bond donors (Lipinski definition) is 1. The maximum absolute atomic E-state index is 9.45. The highest BCUT2D eigenvalue weighted by Gasteiger charge is 1.83. The van der Waals surface area contributed by atoms with Crippen molar-refractivity contribution in [1.29, 1.82) is 0 Å². The zero-order valence-corrected chi connectivity index (χ0v) is 6.56. The van der Waals surface area contributed by atoms with Gasteiger partial charge in [0.15, 0.2) is 0 Å². The van der Waals surface area contributed by atoms with Gasteiger partial charge < -0.3 is 4.98 Å². The Bertz CT molecular complexity index is 147. The number of hydrogen-bond acceptors (Lipinski definition) is 2. The van der Waals surface area contributed by atoms with Gasteiger partial charge in [0.1, 0.15) is 0 Å². The smallest absolute Gasteiger partial charge is 0.236 e. The van der Waals surface area contributed by atoms with Gasteiger partial charge in [-0.2, -0.15) is 0 Å². The van der Waals surface area contributed by atoms with Gasteiger partial charge in [-0.05, 0) is 11.6 Å². The molecular weight excluding hydrogens is 175 g/mol. The summed E-state index contributed by atoms with van der Waals surface area (Å²) in [5.41, 5.74) is 0. The molecule has 0 radical (unpaired) electrons. The lowest BCUT2D eigenvalue weighted by Crippen LogP contribution is -1.81. The van der Waals surface area contributed by atoms with Gasteiger partial charge in [0, 0.05) is 12.4 Å². The highest BCUT2D eigenvalue weighted by atomic mass is 35.5. The van der Waals surface area contributed by atoms with Gasteiger partial charge in [-0.1, -0.05) is 0 Å². The second-order valence-corrected chi connectivity index (χ2v) is 1.94. The average Bonchev–Trinajstić information content (AvgIpc) is 2.43. The summed E-state index contributed by atoms with van der Waals surface area (Å²) in [6.45, 7) is 0. The minimum atomic E-state index is -0.508. The highest BCUT2D eigenvalue weighted by molar-refractivity contribution is 6.67. The summed E-state index contributed by atoms with van der Waals surface area (Å²) >= 11 is 9.55. The van der Waals surface area contributed by atoms with Gasteiger partial charge >= 0.3 is 0 Å². The van der Waals surface area contributed by atoms with Crippen molar-refractivity contribution in [3.8, 4) is 0 Å². The maximum Gasteiger partial charge on any atom is 0.236 e. The lowest BCUT2D eigenvalue weighted by atomic mass is 10.9. The lowest BCUT2D eigenvalue weighted by Gasteiger charge is -1.65. The summed E-state index contributed by atoms with van der Waals surface area (Å²) < 4.78 is 0. The first-order chi connectivity index (χ1) is 4.77. The van der Waals surface area contributed by atoms with Gasteiger partial charge in [0.05, 0.1) is 12.2 Å². The van der Waals surface area contributed by atoms with Crippen LogP contribution < -0.4 is 0 Å². The molecule has 0 fully saturated rings. The number of aromatic amines is 1. The summed E-state index contributed by atoms with van der Waals surface area (Å²) in [4.78, 5) is 15.9. The fourth-order valence-corrected chi connectivity index (χ4v) is 0.215. The third-order valence-electron chi connectivity index (χ3n) is 0.511. The number of H-pyrrole nitrogens is 1. The van der Waals surface area contributed by atoms with Gasteiger partial charge in [0.2, 0.25) is 5.24 Å². The molecule has 1 N–H and O–H groups in total. The number of nitrogens with one attached hydrogen (secondary N) is 1. The van der Waals surface area contributed by atoms with Crippen LogP contribution in [0.3, 0.4) is 0 Å². The monoisotopic (exact) mass is 180 g/mol. The van der Waals surface area contributed by atoms with Crippen molar-refractivity contribution >= 4 is 28.4 Å². The second-order valence-electron chi connectivity index (χ2n) is 1.25. The number of alkyl halides is 1. The van der Waals surface area contributed by atoms with E-state index < -0.39 is 5.24 Å². The molecule has 0 atom stereocenters. The third kappa shape index (κ3) is 7.46. The van der Waals surface area contributed by atoms with E-state index in [1.165, 1.54) is 0 Å². The summed E-state index contributed by atoms with van der Waals surface area (Å²) in [6, 6.07) is 0. The van der Waals surface area contributed by atoms with Crippen LogP contribution >= 0.6 is 23.2 Å². The summed E-state index contributed by atoms with van der Waals surface area (Å²) in [5.74, 6) is -0.0957. The normalized spacial score (nSPS) is 7.80. The Morgan fingerprint density at radius 2 is 2.30 bits per heavy atom. The van der Waals surface area contributed by atoms with E-state index in [1.54, 1.807) is 18.7 Å². The van der Waals surface area contributed by atoms with E-state index in [2.05, 4.69) is 9.97 Å². The standard InChI is InChI=1S/C3H4N2.C2H2Cl2O/c1-2-5-3-4-1;3-1-2(4)5/h1-3H,(H,4,5);1H2. The van der Waals surface area contributed by atoms with Crippen LogP contribution in [0.5, 0.6) is 0 Å². The largest absolute Gasteiger partial charge is 0.351 e. The van der Waals surface area contributed by atoms with E-state index in [4.69, 9.17) is 23.2 Å². The lowest BCUT2D eigenvalue weighted by molar-refractivity contribution is -0.109. The number of carbonyl (C=O) groups excluding carboxylic acids is 1. The van der Waals surface area contributed by atoms with Crippen molar-refractivity contribution < 1.29 is 4.79 Å². The fourth-order valence-electron chi connectivity index (χ4n) is 0.215. The quantitative estimate of drug-likeness (QED) is 0.525. The van der Waals surface area contributed by atoms with Crippen molar-refractivity contribution in [2.45, 2.75) is 0 Å². The Kier molecular flexibility index (Phi) is 6.22. The van der Waals surface area contributed by atoms with Gasteiger partial charge in [-0.25, -0.2) is 4.98 Å². The second kappa shape index (κ2) is 6.58. The average molecular weight is 181 g/mol. The van der Waals surface area contributed by atoms with Crippen LogP contribution in [0.1, 0.15) is 0 Å². The number of halogens is 2. The molecule has 0 aliphatic heterocycles. The van der Waals surface area contributed by atoms with Crippen LogP contribution in [0.2, 0.25) is 0 Å². The third-order valence-corrected chi connectivity index (χ3v) is 1.02. The molecule has 56 valence electrons. The van der Waals surface area contributed by atoms with E-state index >= 15 is 0 Å². The van der Waals surface area contributed by atoms with Crippen molar-refractivity contribution in [1.82, 2.24) is 9.97 Å². The van der Waals surface area contributed by atoms with E-state index in [0.717, 1.165) is 0 Å². The molecule has 0 unspecified atom stereocenters. The molecule has 0 aliphatic carbocycles. The number of carbonyl (C=O) groups is 1. The molecule has 0 bridgehead atoms. The fraction of sp³-hybridized carbons (Fsp3) is 0.200. The molecule has 1 heterocycles. The molecule has 0 spiro atoms. The molecule has 5 heteroatoms. The first-order valence-electron chi connectivity index (χ1n) is 2.44. The van der Waals surface area contributed by atoms with E-state index in [1.807, 2.05) is 0 Å². The molecule has 1 aromatic rings. The molecule has 10 heavy (non-hydrogen) atoms. The van der Waals surface area contributed by atoms with Crippen molar-refractivity contribution in [3.05, 3.63) is 18.7 Å². The summed E-state index contributed by atoms with van der Waals surface area (Å²) in [7, 11) is 0. The molecular formula is C5H6Cl2N2O. The van der Waals surface area contributed by atoms with Gasteiger partial charge in [0.25, 0.3) is 0 Å². The Morgan fingerprint density at radius 3 is 2.40 bits per heavy atom. The van der Waals surface area contributed by atoms with E-state index in [9.17, 15) is 4.79 Å².